The standard InChI is InChI=1S/C21H25N3O5/c1-12-9-13(2)19(14(3)10-12)22-20(25)15(4)29-21(26)17-11-16(24(27)28)7-8-18(17)23(5)6/h7-11,15H,1-6H3,(H,22,25)/t15-/m1/s1. The van der Waals surface area contributed by atoms with Crippen LogP contribution in [-0.4, -0.2) is 37.0 Å². The molecule has 2 aromatic rings. The van der Waals surface area contributed by atoms with Crippen LogP contribution in [0.25, 0.3) is 0 Å². The molecule has 1 N–H and O–H groups in total. The van der Waals surface area contributed by atoms with E-state index in [1.54, 1.807) is 19.0 Å². The molecule has 0 heterocycles. The summed E-state index contributed by atoms with van der Waals surface area (Å²) in [5.74, 6) is -1.29. The maximum absolute atomic E-state index is 12.6. The number of non-ortho nitro benzene ring substituents is 1. The van der Waals surface area contributed by atoms with Gasteiger partial charge in [-0.2, -0.15) is 0 Å². The van der Waals surface area contributed by atoms with Crippen LogP contribution in [0.4, 0.5) is 17.1 Å². The van der Waals surface area contributed by atoms with Crippen LogP contribution in [0, 0.1) is 30.9 Å². The van der Waals surface area contributed by atoms with Crippen molar-refractivity contribution in [3.63, 3.8) is 0 Å². The lowest BCUT2D eigenvalue weighted by molar-refractivity contribution is -0.384. The Hall–Kier alpha value is -3.42. The van der Waals surface area contributed by atoms with Crippen molar-refractivity contribution >= 4 is 28.9 Å². The fraction of sp³-hybridized carbons (Fsp3) is 0.333. The van der Waals surface area contributed by atoms with Gasteiger partial charge in [0.25, 0.3) is 11.6 Å². The molecule has 8 nitrogen and oxygen atoms in total. The number of nitro benzene ring substituents is 1. The van der Waals surface area contributed by atoms with Gasteiger partial charge in [0.1, 0.15) is 0 Å². The summed E-state index contributed by atoms with van der Waals surface area (Å²) in [6.45, 7) is 7.20. The summed E-state index contributed by atoms with van der Waals surface area (Å²) in [6, 6.07) is 7.83. The fourth-order valence-corrected chi connectivity index (χ4v) is 3.07. The monoisotopic (exact) mass is 399 g/mol. The van der Waals surface area contributed by atoms with Gasteiger partial charge in [-0.3, -0.25) is 14.9 Å². The van der Waals surface area contributed by atoms with Crippen LogP contribution in [0.1, 0.15) is 34.0 Å². The van der Waals surface area contributed by atoms with Crippen LogP contribution < -0.4 is 10.2 Å². The summed E-state index contributed by atoms with van der Waals surface area (Å²) < 4.78 is 5.30. The van der Waals surface area contributed by atoms with Gasteiger partial charge >= 0.3 is 5.97 Å². The molecule has 154 valence electrons. The third kappa shape index (κ3) is 5.10. The average molecular weight is 399 g/mol. The Bertz CT molecular complexity index is 946. The summed E-state index contributed by atoms with van der Waals surface area (Å²) in [5.41, 5.74) is 3.81. The zero-order chi connectivity index (χ0) is 21.9. The van der Waals surface area contributed by atoms with Crippen molar-refractivity contribution in [3.05, 3.63) is 62.7 Å². The molecule has 0 spiro atoms. The van der Waals surface area contributed by atoms with E-state index in [2.05, 4.69) is 5.32 Å². The number of aryl methyl sites for hydroxylation is 3. The van der Waals surface area contributed by atoms with Crippen LogP contribution in [0.5, 0.6) is 0 Å². The molecule has 0 aliphatic heterocycles. The van der Waals surface area contributed by atoms with E-state index in [9.17, 15) is 19.7 Å². The third-order valence-electron chi connectivity index (χ3n) is 4.47. The molecule has 0 saturated heterocycles. The summed E-state index contributed by atoms with van der Waals surface area (Å²) in [7, 11) is 3.41. The van der Waals surface area contributed by atoms with Gasteiger partial charge in [-0.1, -0.05) is 17.7 Å². The highest BCUT2D eigenvalue weighted by Crippen LogP contribution is 2.26. The number of carbonyl (C=O) groups excluding carboxylic acids is 2. The van der Waals surface area contributed by atoms with Crippen LogP contribution in [0.15, 0.2) is 30.3 Å². The average Bonchev–Trinajstić information content (AvgIpc) is 2.63. The molecule has 0 bridgehead atoms. The van der Waals surface area contributed by atoms with Gasteiger partial charge in [0.2, 0.25) is 0 Å². The molecule has 0 aromatic heterocycles. The molecular weight excluding hydrogens is 374 g/mol. The zero-order valence-electron chi connectivity index (χ0n) is 17.4. The Balaban J connectivity index is 2.21. The largest absolute Gasteiger partial charge is 0.449 e. The molecule has 0 aliphatic rings. The molecule has 29 heavy (non-hydrogen) atoms. The van der Waals surface area contributed by atoms with Crippen molar-refractivity contribution < 1.29 is 19.2 Å². The van der Waals surface area contributed by atoms with Gasteiger partial charge in [-0.05, 0) is 44.9 Å². The molecule has 0 aliphatic carbocycles. The topological polar surface area (TPSA) is 102 Å². The second-order valence-electron chi connectivity index (χ2n) is 7.16. The van der Waals surface area contributed by atoms with Crippen LogP contribution in [0.2, 0.25) is 0 Å². The highest BCUT2D eigenvalue weighted by molar-refractivity contribution is 6.00. The number of nitrogens with zero attached hydrogens (tertiary/aromatic N) is 2. The maximum atomic E-state index is 12.6. The zero-order valence-corrected chi connectivity index (χ0v) is 17.4. The minimum Gasteiger partial charge on any atom is -0.449 e. The van der Waals surface area contributed by atoms with E-state index in [-0.39, 0.29) is 11.3 Å². The lowest BCUT2D eigenvalue weighted by Gasteiger charge is -2.19. The molecule has 2 aromatic carbocycles. The summed E-state index contributed by atoms with van der Waals surface area (Å²) in [4.78, 5) is 37.3. The van der Waals surface area contributed by atoms with Crippen molar-refractivity contribution in [3.8, 4) is 0 Å². The van der Waals surface area contributed by atoms with Gasteiger partial charge < -0.3 is 15.0 Å². The fourth-order valence-electron chi connectivity index (χ4n) is 3.07. The normalized spacial score (nSPS) is 11.5. The Morgan fingerprint density at radius 1 is 1.10 bits per heavy atom. The minimum atomic E-state index is -1.09. The predicted octanol–water partition coefficient (Wildman–Crippen LogP) is 3.77. The third-order valence-corrected chi connectivity index (χ3v) is 4.47. The number of benzene rings is 2. The number of nitrogens with one attached hydrogen (secondary N) is 1. The second kappa shape index (κ2) is 8.72. The summed E-state index contributed by atoms with van der Waals surface area (Å²) >= 11 is 0. The van der Waals surface area contributed by atoms with Crippen molar-refractivity contribution in [1.29, 1.82) is 0 Å². The Morgan fingerprint density at radius 2 is 1.69 bits per heavy atom. The van der Waals surface area contributed by atoms with Gasteiger partial charge in [0, 0.05) is 31.9 Å². The number of hydrogen-bond donors (Lipinski definition) is 1. The van der Waals surface area contributed by atoms with Gasteiger partial charge in [0.05, 0.1) is 16.2 Å². The first-order valence-electron chi connectivity index (χ1n) is 9.06. The van der Waals surface area contributed by atoms with E-state index in [1.807, 2.05) is 32.9 Å². The number of hydrogen-bond acceptors (Lipinski definition) is 6. The molecule has 0 saturated carbocycles. The molecule has 0 fully saturated rings. The Morgan fingerprint density at radius 3 is 2.21 bits per heavy atom. The van der Waals surface area contributed by atoms with Gasteiger partial charge in [-0.25, -0.2) is 4.79 Å². The lowest BCUT2D eigenvalue weighted by atomic mass is 10.0. The molecule has 2 rings (SSSR count). The van der Waals surface area contributed by atoms with Crippen molar-refractivity contribution in [2.75, 3.05) is 24.3 Å². The number of ether oxygens (including phenoxy) is 1. The van der Waals surface area contributed by atoms with Crippen molar-refractivity contribution in [2.24, 2.45) is 0 Å². The summed E-state index contributed by atoms with van der Waals surface area (Å²) in [6.07, 6.45) is -1.09. The number of rotatable bonds is 6. The van der Waals surface area contributed by atoms with Crippen LogP contribution in [-0.2, 0) is 9.53 Å². The minimum absolute atomic E-state index is 0.0200. The molecular formula is C21H25N3O5. The van der Waals surface area contributed by atoms with Crippen LogP contribution in [0.3, 0.4) is 0 Å². The van der Waals surface area contributed by atoms with Gasteiger partial charge in [-0.15, -0.1) is 0 Å². The first-order chi connectivity index (χ1) is 13.5. The number of amides is 1. The number of anilines is 2. The first-order valence-corrected chi connectivity index (χ1v) is 9.06. The van der Waals surface area contributed by atoms with E-state index in [1.165, 1.54) is 19.1 Å². The number of carbonyl (C=O) groups is 2. The molecule has 1 atom stereocenters. The molecule has 0 unspecified atom stereocenters. The highest BCUT2D eigenvalue weighted by Gasteiger charge is 2.24. The SMILES string of the molecule is Cc1cc(C)c(NC(=O)[C@@H](C)OC(=O)c2cc([N+](=O)[O-])ccc2N(C)C)c(C)c1. The lowest BCUT2D eigenvalue weighted by Crippen LogP contribution is -2.31. The number of nitro groups is 1. The summed E-state index contributed by atoms with van der Waals surface area (Å²) in [5, 5.41) is 13.8. The van der Waals surface area contributed by atoms with Gasteiger partial charge in [0.15, 0.2) is 6.10 Å². The molecule has 0 radical (unpaired) electrons. The Kier molecular flexibility index (Phi) is 6.58. The van der Waals surface area contributed by atoms with E-state index in [0.29, 0.717) is 11.4 Å². The Labute approximate surface area is 169 Å². The van der Waals surface area contributed by atoms with E-state index < -0.39 is 22.9 Å². The van der Waals surface area contributed by atoms with E-state index in [4.69, 9.17) is 4.74 Å². The predicted molar refractivity (Wildman–Crippen MR) is 112 cm³/mol. The van der Waals surface area contributed by atoms with E-state index >= 15 is 0 Å². The van der Waals surface area contributed by atoms with Crippen LogP contribution >= 0.6 is 0 Å². The first kappa shape index (κ1) is 21.9. The smallest absolute Gasteiger partial charge is 0.341 e. The maximum Gasteiger partial charge on any atom is 0.341 e. The second-order valence-corrected chi connectivity index (χ2v) is 7.16. The van der Waals surface area contributed by atoms with E-state index in [0.717, 1.165) is 22.8 Å². The van der Waals surface area contributed by atoms with Crippen molar-refractivity contribution in [1.82, 2.24) is 0 Å². The molecule has 1 amide bonds. The highest BCUT2D eigenvalue weighted by atomic mass is 16.6. The van der Waals surface area contributed by atoms with Crippen molar-refractivity contribution in [2.45, 2.75) is 33.8 Å². The molecule has 8 heteroatoms. The number of esters is 1. The quantitative estimate of drug-likeness (QED) is 0.451.